The van der Waals surface area contributed by atoms with Crippen LogP contribution in [-0.4, -0.2) is 30.2 Å². The van der Waals surface area contributed by atoms with E-state index in [1.54, 1.807) is 24.3 Å². The lowest BCUT2D eigenvalue weighted by atomic mass is 10.2. The molecule has 0 saturated heterocycles. The molecule has 0 spiro atoms. The Balaban J connectivity index is 1.50. The van der Waals surface area contributed by atoms with E-state index in [1.165, 1.54) is 39.6 Å². The summed E-state index contributed by atoms with van der Waals surface area (Å²) in [6.45, 7) is 0.225. The van der Waals surface area contributed by atoms with Crippen molar-refractivity contribution >= 4 is 44.7 Å². The zero-order valence-corrected chi connectivity index (χ0v) is 15.4. The molecule has 0 unspecified atom stereocenters. The lowest BCUT2D eigenvalue weighted by molar-refractivity contribution is -0.116. The zero-order chi connectivity index (χ0) is 18.8. The molecule has 8 nitrogen and oxygen atoms in total. The van der Waals surface area contributed by atoms with E-state index >= 15 is 0 Å². The number of halogens is 1. The predicted octanol–water partition coefficient (Wildman–Crippen LogP) is 2.72. The molecule has 0 radical (unpaired) electrons. The van der Waals surface area contributed by atoms with Crippen LogP contribution in [0.2, 0.25) is 5.02 Å². The molecule has 0 aliphatic carbocycles. The minimum Gasteiger partial charge on any atom is -0.324 e. The second-order valence-corrected chi connectivity index (χ2v) is 7.01. The van der Waals surface area contributed by atoms with Crippen molar-refractivity contribution in [3.05, 3.63) is 64.0 Å². The largest absolute Gasteiger partial charge is 0.324 e. The van der Waals surface area contributed by atoms with E-state index in [4.69, 9.17) is 11.6 Å². The fourth-order valence-corrected chi connectivity index (χ4v) is 3.52. The molecule has 1 amide bonds. The molecule has 4 aromatic rings. The molecular formula is C17H13ClN6O2S. The van der Waals surface area contributed by atoms with Gasteiger partial charge in [0.15, 0.2) is 0 Å². The third-order valence-electron chi connectivity index (χ3n) is 3.93. The molecule has 4 rings (SSSR count). The van der Waals surface area contributed by atoms with Crippen LogP contribution in [0.15, 0.2) is 53.4 Å². The van der Waals surface area contributed by atoms with Gasteiger partial charge in [0.25, 0.3) is 5.56 Å². The fraction of sp³-hybridized carbons (Fsp3) is 0.118. The van der Waals surface area contributed by atoms with E-state index in [2.05, 4.69) is 20.4 Å². The number of hydrogen-bond acceptors (Lipinski definition) is 6. The number of hydrogen-bond donors (Lipinski definition) is 1. The number of benzene rings is 1. The number of anilines is 1. The first-order valence-electron chi connectivity index (χ1n) is 7.99. The van der Waals surface area contributed by atoms with Gasteiger partial charge in [-0.15, -0.1) is 11.3 Å². The molecular weight excluding hydrogens is 388 g/mol. The Morgan fingerprint density at radius 2 is 2.15 bits per heavy atom. The van der Waals surface area contributed by atoms with Crippen LogP contribution < -0.4 is 10.9 Å². The van der Waals surface area contributed by atoms with Crippen LogP contribution >= 0.6 is 22.9 Å². The first-order valence-corrected chi connectivity index (χ1v) is 9.24. The van der Waals surface area contributed by atoms with Crippen LogP contribution in [0.4, 0.5) is 5.69 Å². The van der Waals surface area contributed by atoms with Crippen LogP contribution in [0.5, 0.6) is 0 Å². The van der Waals surface area contributed by atoms with Gasteiger partial charge in [-0.2, -0.15) is 5.10 Å². The quantitative estimate of drug-likeness (QED) is 0.555. The normalized spacial score (nSPS) is 11.0. The van der Waals surface area contributed by atoms with Crippen molar-refractivity contribution in [2.24, 2.45) is 0 Å². The van der Waals surface area contributed by atoms with Crippen molar-refractivity contribution in [2.75, 3.05) is 5.32 Å². The third kappa shape index (κ3) is 3.60. The summed E-state index contributed by atoms with van der Waals surface area (Å²) in [6.07, 6.45) is 4.51. The van der Waals surface area contributed by atoms with E-state index in [0.717, 1.165) is 0 Å². The topological polar surface area (TPSA) is 94.7 Å². The summed E-state index contributed by atoms with van der Waals surface area (Å²) >= 11 is 7.46. The summed E-state index contributed by atoms with van der Waals surface area (Å²) in [5.74, 6) is -0.254. The first kappa shape index (κ1) is 17.4. The zero-order valence-electron chi connectivity index (χ0n) is 13.9. The summed E-state index contributed by atoms with van der Waals surface area (Å²) in [5, 5.41) is 9.75. The maximum Gasteiger partial charge on any atom is 0.262 e. The van der Waals surface area contributed by atoms with Crippen LogP contribution in [0.3, 0.4) is 0 Å². The molecule has 1 aromatic carbocycles. The number of rotatable bonds is 5. The molecule has 0 aliphatic heterocycles. The highest BCUT2D eigenvalue weighted by atomic mass is 35.5. The lowest BCUT2D eigenvalue weighted by Gasteiger charge is -2.12. The molecule has 0 atom stereocenters. The van der Waals surface area contributed by atoms with Gasteiger partial charge in [0.05, 0.1) is 23.1 Å². The second kappa shape index (κ2) is 7.29. The van der Waals surface area contributed by atoms with Gasteiger partial charge in [-0.05, 0) is 29.6 Å². The summed E-state index contributed by atoms with van der Waals surface area (Å²) in [7, 11) is 0. The average molecular weight is 401 g/mol. The number of carbonyl (C=O) groups is 1. The van der Waals surface area contributed by atoms with Crippen molar-refractivity contribution in [2.45, 2.75) is 13.0 Å². The minimum atomic E-state index is -0.254. The van der Waals surface area contributed by atoms with Crippen LogP contribution in [0.1, 0.15) is 6.42 Å². The van der Waals surface area contributed by atoms with Crippen molar-refractivity contribution in [1.82, 2.24) is 24.3 Å². The first-order chi connectivity index (χ1) is 13.1. The molecule has 27 heavy (non-hydrogen) atoms. The van der Waals surface area contributed by atoms with Crippen molar-refractivity contribution in [3.63, 3.8) is 0 Å². The van der Waals surface area contributed by atoms with Gasteiger partial charge in [0.2, 0.25) is 5.91 Å². The monoisotopic (exact) mass is 400 g/mol. The van der Waals surface area contributed by atoms with Crippen molar-refractivity contribution in [1.29, 1.82) is 0 Å². The number of amides is 1. The molecule has 136 valence electrons. The highest BCUT2D eigenvalue weighted by Crippen LogP contribution is 2.24. The maximum atomic E-state index is 12.4. The van der Waals surface area contributed by atoms with E-state index in [-0.39, 0.29) is 24.4 Å². The summed E-state index contributed by atoms with van der Waals surface area (Å²) in [5.41, 5.74) is 1.00. The van der Waals surface area contributed by atoms with E-state index in [0.29, 0.717) is 26.6 Å². The lowest BCUT2D eigenvalue weighted by Crippen LogP contribution is -2.23. The van der Waals surface area contributed by atoms with Gasteiger partial charge >= 0.3 is 0 Å². The number of fused-ring (bicyclic) bond motifs is 1. The van der Waals surface area contributed by atoms with Gasteiger partial charge in [-0.25, -0.2) is 14.6 Å². The summed E-state index contributed by atoms with van der Waals surface area (Å²) in [4.78, 5) is 33.6. The smallest absolute Gasteiger partial charge is 0.262 e. The standard InChI is InChI=1S/C17H13ClN6O2S/c18-11-1-2-14(24-9-19-8-21-24)13(7-11)22-15(25)3-5-23-10-20-16-12(17(23)26)4-6-27-16/h1-2,4,6-10H,3,5H2,(H,22,25). The Labute approximate surface area is 162 Å². The van der Waals surface area contributed by atoms with E-state index in [1.807, 2.05) is 5.38 Å². The number of aromatic nitrogens is 5. The molecule has 0 bridgehead atoms. The molecule has 3 aromatic heterocycles. The molecule has 3 heterocycles. The predicted molar refractivity (Wildman–Crippen MR) is 103 cm³/mol. The van der Waals surface area contributed by atoms with Crippen molar-refractivity contribution in [3.8, 4) is 5.69 Å². The molecule has 0 aliphatic rings. The van der Waals surface area contributed by atoms with Gasteiger partial charge in [-0.1, -0.05) is 11.6 Å². The second-order valence-electron chi connectivity index (χ2n) is 5.68. The summed E-state index contributed by atoms with van der Waals surface area (Å²) in [6, 6.07) is 6.82. The van der Waals surface area contributed by atoms with Crippen LogP contribution in [0.25, 0.3) is 15.9 Å². The molecule has 0 fully saturated rings. The number of nitrogens with zero attached hydrogens (tertiary/aromatic N) is 5. The Bertz CT molecular complexity index is 1170. The SMILES string of the molecule is O=C(CCn1cnc2sccc2c1=O)Nc1cc(Cl)ccc1-n1cncn1. The molecule has 1 N–H and O–H groups in total. The number of aryl methyl sites for hydroxylation is 1. The van der Waals surface area contributed by atoms with Crippen LogP contribution in [-0.2, 0) is 11.3 Å². The van der Waals surface area contributed by atoms with E-state index < -0.39 is 0 Å². The maximum absolute atomic E-state index is 12.4. The van der Waals surface area contributed by atoms with Crippen LogP contribution in [0, 0.1) is 0 Å². The number of carbonyl (C=O) groups excluding carboxylic acids is 1. The fourth-order valence-electron chi connectivity index (χ4n) is 2.63. The Morgan fingerprint density at radius 3 is 2.96 bits per heavy atom. The Kier molecular flexibility index (Phi) is 4.69. The highest BCUT2D eigenvalue weighted by molar-refractivity contribution is 7.16. The van der Waals surface area contributed by atoms with Gasteiger partial charge in [0.1, 0.15) is 17.5 Å². The van der Waals surface area contributed by atoms with Gasteiger partial charge < -0.3 is 5.32 Å². The molecule has 10 heteroatoms. The third-order valence-corrected chi connectivity index (χ3v) is 4.98. The minimum absolute atomic E-state index is 0.112. The number of thiophene rings is 1. The molecule has 0 saturated carbocycles. The highest BCUT2D eigenvalue weighted by Gasteiger charge is 2.11. The van der Waals surface area contributed by atoms with Gasteiger partial charge in [-0.3, -0.25) is 14.2 Å². The Hall–Kier alpha value is -3.04. The Morgan fingerprint density at radius 1 is 1.26 bits per heavy atom. The van der Waals surface area contributed by atoms with Crippen molar-refractivity contribution < 1.29 is 4.79 Å². The summed E-state index contributed by atoms with van der Waals surface area (Å²) < 4.78 is 2.97. The average Bonchev–Trinajstić information content (AvgIpc) is 3.33. The van der Waals surface area contributed by atoms with E-state index in [9.17, 15) is 9.59 Å². The van der Waals surface area contributed by atoms with Gasteiger partial charge in [0, 0.05) is 18.0 Å². The number of nitrogens with one attached hydrogen (secondary N) is 1.